The highest BCUT2D eigenvalue weighted by Gasteiger charge is 2.24. The Morgan fingerprint density at radius 3 is 2.33 bits per heavy atom. The molecule has 1 aliphatic rings. The number of fused-ring (bicyclic) bond motifs is 1. The number of benzene rings is 2. The monoisotopic (exact) mass is 367 g/mol. The van der Waals surface area contributed by atoms with E-state index in [-0.39, 0.29) is 18.4 Å². The van der Waals surface area contributed by atoms with Crippen molar-refractivity contribution in [2.45, 2.75) is 27.3 Å². The van der Waals surface area contributed by atoms with Gasteiger partial charge in [-0.15, -0.1) is 0 Å². The minimum atomic E-state index is -0.475. The summed E-state index contributed by atoms with van der Waals surface area (Å²) in [5.41, 5.74) is 0.850. The van der Waals surface area contributed by atoms with Crippen LogP contribution in [-0.4, -0.2) is 54.3 Å². The number of hydrogen-bond donors (Lipinski definition) is 1. The van der Waals surface area contributed by atoms with Crippen molar-refractivity contribution >= 4 is 22.6 Å². The lowest BCUT2D eigenvalue weighted by Crippen LogP contribution is -2.51. The van der Waals surface area contributed by atoms with E-state index in [0.717, 1.165) is 19.6 Å². The molecule has 5 heteroatoms. The number of carbonyl (C=O) groups excluding carboxylic acids is 2. The highest BCUT2D eigenvalue weighted by atomic mass is 16.2. The molecule has 1 fully saturated rings. The van der Waals surface area contributed by atoms with E-state index in [1.165, 1.54) is 16.3 Å². The fourth-order valence-electron chi connectivity index (χ4n) is 3.36. The molecule has 144 valence electrons. The van der Waals surface area contributed by atoms with Crippen molar-refractivity contribution in [1.82, 2.24) is 15.1 Å². The van der Waals surface area contributed by atoms with Crippen LogP contribution in [0.3, 0.4) is 0 Å². The van der Waals surface area contributed by atoms with Gasteiger partial charge in [0, 0.05) is 38.1 Å². The Labute approximate surface area is 161 Å². The molecule has 27 heavy (non-hydrogen) atoms. The number of carbonyl (C=O) groups is 2. The van der Waals surface area contributed by atoms with Crippen molar-refractivity contribution in [3.8, 4) is 0 Å². The van der Waals surface area contributed by atoms with E-state index in [1.807, 2.05) is 25.7 Å². The maximum absolute atomic E-state index is 12.4. The maximum Gasteiger partial charge on any atom is 0.242 e. The first-order valence-corrected chi connectivity index (χ1v) is 9.60. The van der Waals surface area contributed by atoms with Crippen molar-refractivity contribution < 1.29 is 9.59 Å². The highest BCUT2D eigenvalue weighted by Crippen LogP contribution is 2.20. The average molecular weight is 367 g/mol. The van der Waals surface area contributed by atoms with Gasteiger partial charge in [0.25, 0.3) is 0 Å². The molecule has 0 unspecified atom stereocenters. The molecule has 2 aromatic carbocycles. The smallest absolute Gasteiger partial charge is 0.242 e. The van der Waals surface area contributed by atoms with Gasteiger partial charge < -0.3 is 10.2 Å². The van der Waals surface area contributed by atoms with Crippen LogP contribution in [0, 0.1) is 5.41 Å². The average Bonchev–Trinajstić information content (AvgIpc) is 2.66. The van der Waals surface area contributed by atoms with Gasteiger partial charge in [-0.05, 0) is 16.3 Å². The van der Waals surface area contributed by atoms with E-state index in [9.17, 15) is 9.59 Å². The Morgan fingerprint density at radius 1 is 0.963 bits per heavy atom. The normalized spacial score (nSPS) is 15.7. The van der Waals surface area contributed by atoms with Crippen LogP contribution in [0.15, 0.2) is 42.5 Å². The first-order chi connectivity index (χ1) is 12.8. The van der Waals surface area contributed by atoms with Gasteiger partial charge in [0.2, 0.25) is 11.8 Å². The second kappa shape index (κ2) is 8.09. The molecule has 3 rings (SSSR count). The fourth-order valence-corrected chi connectivity index (χ4v) is 3.36. The second-order valence-corrected chi connectivity index (χ2v) is 8.23. The molecule has 1 heterocycles. The van der Waals surface area contributed by atoms with Gasteiger partial charge in [0.05, 0.1) is 6.54 Å². The Balaban J connectivity index is 1.51. The second-order valence-electron chi connectivity index (χ2n) is 8.23. The largest absolute Gasteiger partial charge is 0.347 e. The lowest BCUT2D eigenvalue weighted by Gasteiger charge is -2.35. The summed E-state index contributed by atoms with van der Waals surface area (Å²) in [6, 6.07) is 14.9. The van der Waals surface area contributed by atoms with Gasteiger partial charge >= 0.3 is 0 Å². The number of nitrogens with zero attached hydrogens (tertiary/aromatic N) is 2. The molecule has 1 saturated heterocycles. The summed E-state index contributed by atoms with van der Waals surface area (Å²) < 4.78 is 0. The molecule has 5 nitrogen and oxygen atoms in total. The van der Waals surface area contributed by atoms with E-state index in [0.29, 0.717) is 13.1 Å². The van der Waals surface area contributed by atoms with Crippen molar-refractivity contribution in [2.24, 2.45) is 5.41 Å². The number of rotatable bonds is 4. The van der Waals surface area contributed by atoms with Crippen molar-refractivity contribution in [3.63, 3.8) is 0 Å². The lowest BCUT2D eigenvalue weighted by atomic mass is 9.96. The summed E-state index contributed by atoms with van der Waals surface area (Å²) in [6.07, 6.45) is 0. The Bertz CT molecular complexity index is 812. The van der Waals surface area contributed by atoms with E-state index >= 15 is 0 Å². The van der Waals surface area contributed by atoms with Gasteiger partial charge in [0.15, 0.2) is 0 Å². The van der Waals surface area contributed by atoms with Gasteiger partial charge in [-0.1, -0.05) is 63.2 Å². The third-order valence-corrected chi connectivity index (χ3v) is 5.08. The molecule has 0 saturated carbocycles. The molecule has 0 spiro atoms. The summed E-state index contributed by atoms with van der Waals surface area (Å²) in [5, 5.41) is 5.30. The Morgan fingerprint density at radius 2 is 1.63 bits per heavy atom. The van der Waals surface area contributed by atoms with Gasteiger partial charge in [0.1, 0.15) is 0 Å². The minimum absolute atomic E-state index is 0.00240. The highest BCUT2D eigenvalue weighted by molar-refractivity contribution is 5.87. The molecule has 2 aromatic rings. The summed E-state index contributed by atoms with van der Waals surface area (Å²) in [5.74, 6) is -0.0946. The number of piperazine rings is 1. The van der Waals surface area contributed by atoms with Crippen molar-refractivity contribution in [3.05, 3.63) is 48.0 Å². The zero-order chi connectivity index (χ0) is 19.4. The van der Waals surface area contributed by atoms with E-state index in [2.05, 4.69) is 52.7 Å². The van der Waals surface area contributed by atoms with Crippen LogP contribution in [0.1, 0.15) is 26.3 Å². The Kier molecular flexibility index (Phi) is 5.80. The first kappa shape index (κ1) is 19.4. The Hall–Kier alpha value is -2.40. The molecule has 0 bridgehead atoms. The standard InChI is InChI=1S/C22H29N3O2/c1-22(2,3)21(27)23-15-20(26)25-13-11-24(12-14-25)16-18-9-6-8-17-7-4-5-10-19(17)18/h4-10H,11-16H2,1-3H3,(H,23,27). The molecular formula is C22H29N3O2. The predicted molar refractivity (Wildman–Crippen MR) is 108 cm³/mol. The number of hydrogen-bond acceptors (Lipinski definition) is 3. The van der Waals surface area contributed by atoms with Crippen molar-refractivity contribution in [1.29, 1.82) is 0 Å². The predicted octanol–water partition coefficient (Wildman–Crippen LogP) is 2.65. The topological polar surface area (TPSA) is 52.7 Å². The first-order valence-electron chi connectivity index (χ1n) is 9.60. The van der Waals surface area contributed by atoms with E-state index in [4.69, 9.17) is 0 Å². The molecule has 0 atom stereocenters. The van der Waals surface area contributed by atoms with Crippen LogP contribution in [0.2, 0.25) is 0 Å². The minimum Gasteiger partial charge on any atom is -0.347 e. The quantitative estimate of drug-likeness (QED) is 0.904. The summed E-state index contributed by atoms with van der Waals surface area (Å²) in [4.78, 5) is 28.5. The molecule has 0 aliphatic carbocycles. The van der Waals surface area contributed by atoms with E-state index in [1.54, 1.807) is 0 Å². The fraction of sp³-hybridized carbons (Fsp3) is 0.455. The molecular weight excluding hydrogens is 338 g/mol. The molecule has 1 aliphatic heterocycles. The molecule has 2 amide bonds. The lowest BCUT2D eigenvalue weighted by molar-refractivity contribution is -0.136. The van der Waals surface area contributed by atoms with Gasteiger partial charge in [-0.2, -0.15) is 0 Å². The van der Waals surface area contributed by atoms with Crippen LogP contribution in [0.5, 0.6) is 0 Å². The number of nitrogens with one attached hydrogen (secondary N) is 1. The maximum atomic E-state index is 12.4. The van der Waals surface area contributed by atoms with Crippen LogP contribution >= 0.6 is 0 Å². The van der Waals surface area contributed by atoms with E-state index < -0.39 is 5.41 Å². The van der Waals surface area contributed by atoms with Crippen LogP contribution in [-0.2, 0) is 16.1 Å². The number of amides is 2. The van der Waals surface area contributed by atoms with Gasteiger partial charge in [-0.3, -0.25) is 14.5 Å². The SMILES string of the molecule is CC(C)(C)C(=O)NCC(=O)N1CCN(Cc2cccc3ccccc23)CC1. The summed E-state index contributed by atoms with van der Waals surface area (Å²) in [6.45, 7) is 9.62. The third-order valence-electron chi connectivity index (χ3n) is 5.08. The molecule has 0 radical (unpaired) electrons. The molecule has 0 aromatic heterocycles. The van der Waals surface area contributed by atoms with Gasteiger partial charge in [-0.25, -0.2) is 0 Å². The summed E-state index contributed by atoms with van der Waals surface area (Å²) in [7, 11) is 0. The zero-order valence-corrected chi connectivity index (χ0v) is 16.5. The zero-order valence-electron chi connectivity index (χ0n) is 16.5. The van der Waals surface area contributed by atoms with Crippen LogP contribution < -0.4 is 5.32 Å². The van der Waals surface area contributed by atoms with Crippen LogP contribution in [0.4, 0.5) is 0 Å². The van der Waals surface area contributed by atoms with Crippen molar-refractivity contribution in [2.75, 3.05) is 32.7 Å². The molecule has 1 N–H and O–H groups in total. The summed E-state index contributed by atoms with van der Waals surface area (Å²) >= 11 is 0. The van der Waals surface area contributed by atoms with Crippen LogP contribution in [0.25, 0.3) is 10.8 Å². The third kappa shape index (κ3) is 4.86.